The van der Waals surface area contributed by atoms with Crippen LogP contribution in [0.4, 0.5) is 0 Å². The molecule has 0 aromatic carbocycles. The van der Waals surface area contributed by atoms with Gasteiger partial charge in [-0.15, -0.1) is 0 Å². The van der Waals surface area contributed by atoms with Crippen molar-refractivity contribution in [3.8, 4) is 0 Å². The minimum absolute atomic E-state index is 0.634. The fourth-order valence-electron chi connectivity index (χ4n) is 1.47. The van der Waals surface area contributed by atoms with Gasteiger partial charge >= 0.3 is 0 Å². The molecule has 0 aliphatic carbocycles. The number of H-pyrrole nitrogens is 1. The predicted octanol–water partition coefficient (Wildman–Crippen LogP) is 0.646. The molecule has 0 amide bonds. The van der Waals surface area contributed by atoms with Gasteiger partial charge in [0.2, 0.25) is 0 Å². The van der Waals surface area contributed by atoms with E-state index in [2.05, 4.69) is 27.4 Å². The molecule has 5 heteroatoms. The summed E-state index contributed by atoms with van der Waals surface area (Å²) in [6.45, 7) is 3.09. The quantitative estimate of drug-likeness (QED) is 0.748. The second-order valence-electron chi connectivity index (χ2n) is 3.43. The van der Waals surface area contributed by atoms with Crippen molar-refractivity contribution in [2.75, 3.05) is 11.5 Å². The van der Waals surface area contributed by atoms with Gasteiger partial charge < -0.3 is 5.32 Å². The lowest BCUT2D eigenvalue weighted by molar-refractivity contribution is 0.448. The molecule has 0 bridgehead atoms. The lowest BCUT2D eigenvalue weighted by atomic mass is 10.1. The average molecular weight is 198 g/mol. The van der Waals surface area contributed by atoms with Crippen molar-refractivity contribution in [3.05, 3.63) is 12.2 Å². The van der Waals surface area contributed by atoms with Crippen LogP contribution in [0.25, 0.3) is 0 Å². The van der Waals surface area contributed by atoms with Gasteiger partial charge in [-0.05, 0) is 11.7 Å². The number of nitrogens with one attached hydrogen (secondary N) is 2. The minimum Gasteiger partial charge on any atom is -0.306 e. The minimum atomic E-state index is 0.634. The van der Waals surface area contributed by atoms with Crippen molar-refractivity contribution in [2.24, 2.45) is 5.92 Å². The molecule has 2 unspecified atom stereocenters. The van der Waals surface area contributed by atoms with E-state index in [1.165, 1.54) is 11.5 Å². The molecule has 1 aliphatic rings. The Balaban J connectivity index is 1.79. The third-order valence-electron chi connectivity index (χ3n) is 2.36. The van der Waals surface area contributed by atoms with Crippen molar-refractivity contribution in [3.63, 3.8) is 0 Å². The molecule has 0 spiro atoms. The predicted molar refractivity (Wildman–Crippen MR) is 53.5 cm³/mol. The summed E-state index contributed by atoms with van der Waals surface area (Å²) in [5.41, 5.74) is 0. The van der Waals surface area contributed by atoms with Crippen LogP contribution in [0.1, 0.15) is 12.7 Å². The van der Waals surface area contributed by atoms with Crippen molar-refractivity contribution >= 4 is 11.8 Å². The zero-order chi connectivity index (χ0) is 9.10. The van der Waals surface area contributed by atoms with Gasteiger partial charge in [0.1, 0.15) is 12.2 Å². The Hall–Kier alpha value is -0.550. The topological polar surface area (TPSA) is 53.6 Å². The van der Waals surface area contributed by atoms with Gasteiger partial charge in [-0.2, -0.15) is 16.9 Å². The lowest BCUT2D eigenvalue weighted by Crippen LogP contribution is -2.33. The standard InChI is InChI=1S/C8H14N4S/c1-6-3-13-4-7(6)9-2-8-10-5-11-12-8/h5-7,9H,2-4H2,1H3,(H,10,11,12). The Labute approximate surface area is 81.9 Å². The molecular weight excluding hydrogens is 184 g/mol. The van der Waals surface area contributed by atoms with Crippen molar-refractivity contribution in [1.29, 1.82) is 0 Å². The molecular formula is C8H14N4S. The molecule has 2 N–H and O–H groups in total. The summed E-state index contributed by atoms with van der Waals surface area (Å²) in [4.78, 5) is 4.07. The van der Waals surface area contributed by atoms with E-state index < -0.39 is 0 Å². The van der Waals surface area contributed by atoms with Crippen LogP contribution in [0.2, 0.25) is 0 Å². The van der Waals surface area contributed by atoms with E-state index in [1.807, 2.05) is 11.8 Å². The molecule has 1 fully saturated rings. The van der Waals surface area contributed by atoms with E-state index in [0.29, 0.717) is 6.04 Å². The number of hydrogen-bond donors (Lipinski definition) is 2. The number of nitrogens with zero attached hydrogens (tertiary/aromatic N) is 2. The number of thioether (sulfide) groups is 1. The Kier molecular flexibility index (Phi) is 2.85. The average Bonchev–Trinajstić information content (AvgIpc) is 2.72. The largest absolute Gasteiger partial charge is 0.306 e. The zero-order valence-electron chi connectivity index (χ0n) is 7.66. The smallest absolute Gasteiger partial charge is 0.138 e. The maximum atomic E-state index is 4.07. The summed E-state index contributed by atoms with van der Waals surface area (Å²) < 4.78 is 0. The first-order valence-electron chi connectivity index (χ1n) is 4.51. The Bertz CT molecular complexity index is 249. The zero-order valence-corrected chi connectivity index (χ0v) is 8.47. The van der Waals surface area contributed by atoms with Crippen LogP contribution in [-0.2, 0) is 6.54 Å². The molecule has 2 rings (SSSR count). The summed E-state index contributed by atoms with van der Waals surface area (Å²) in [6.07, 6.45) is 1.55. The summed E-state index contributed by atoms with van der Waals surface area (Å²) in [6, 6.07) is 0.634. The molecule has 72 valence electrons. The Morgan fingerprint density at radius 1 is 1.69 bits per heavy atom. The first kappa shape index (κ1) is 9.02. The van der Waals surface area contributed by atoms with E-state index in [1.54, 1.807) is 6.33 Å². The molecule has 0 radical (unpaired) electrons. The van der Waals surface area contributed by atoms with Crippen LogP contribution in [0.5, 0.6) is 0 Å². The van der Waals surface area contributed by atoms with Gasteiger partial charge in [-0.3, -0.25) is 5.10 Å². The third kappa shape index (κ3) is 2.22. The second-order valence-corrected chi connectivity index (χ2v) is 4.51. The molecule has 1 aromatic heterocycles. The summed E-state index contributed by atoms with van der Waals surface area (Å²) in [5.74, 6) is 4.18. The van der Waals surface area contributed by atoms with Gasteiger partial charge in [0.05, 0.1) is 6.54 Å². The molecule has 4 nitrogen and oxygen atoms in total. The highest BCUT2D eigenvalue weighted by atomic mass is 32.2. The van der Waals surface area contributed by atoms with E-state index in [9.17, 15) is 0 Å². The van der Waals surface area contributed by atoms with Crippen LogP contribution in [0, 0.1) is 5.92 Å². The van der Waals surface area contributed by atoms with Gasteiger partial charge in [-0.1, -0.05) is 6.92 Å². The summed E-state index contributed by atoms with van der Waals surface area (Å²) in [7, 11) is 0. The highest BCUT2D eigenvalue weighted by Gasteiger charge is 2.23. The van der Waals surface area contributed by atoms with E-state index in [4.69, 9.17) is 0 Å². The van der Waals surface area contributed by atoms with Crippen LogP contribution in [0.15, 0.2) is 6.33 Å². The Morgan fingerprint density at radius 3 is 3.23 bits per heavy atom. The first-order valence-corrected chi connectivity index (χ1v) is 5.67. The van der Waals surface area contributed by atoms with Crippen LogP contribution in [0.3, 0.4) is 0 Å². The van der Waals surface area contributed by atoms with Gasteiger partial charge in [0, 0.05) is 11.8 Å². The molecule has 1 aromatic rings. The molecule has 1 aliphatic heterocycles. The number of hydrogen-bond acceptors (Lipinski definition) is 4. The van der Waals surface area contributed by atoms with Gasteiger partial charge in [0.25, 0.3) is 0 Å². The number of aromatic nitrogens is 3. The summed E-state index contributed by atoms with van der Waals surface area (Å²) >= 11 is 2.02. The van der Waals surface area contributed by atoms with E-state index >= 15 is 0 Å². The second kappa shape index (κ2) is 4.11. The first-order chi connectivity index (χ1) is 6.36. The number of rotatable bonds is 3. The molecule has 2 heterocycles. The van der Waals surface area contributed by atoms with E-state index in [-0.39, 0.29) is 0 Å². The molecule has 13 heavy (non-hydrogen) atoms. The SMILES string of the molecule is CC1CSCC1NCc1ncn[nH]1. The molecule has 1 saturated heterocycles. The highest BCUT2D eigenvalue weighted by Crippen LogP contribution is 2.23. The Morgan fingerprint density at radius 2 is 2.62 bits per heavy atom. The van der Waals surface area contributed by atoms with Crippen LogP contribution < -0.4 is 5.32 Å². The van der Waals surface area contributed by atoms with Crippen LogP contribution >= 0.6 is 11.8 Å². The van der Waals surface area contributed by atoms with Gasteiger partial charge in [-0.25, -0.2) is 4.98 Å². The summed E-state index contributed by atoms with van der Waals surface area (Å²) in [5, 5.41) is 10.1. The van der Waals surface area contributed by atoms with Crippen molar-refractivity contribution < 1.29 is 0 Å². The monoisotopic (exact) mass is 198 g/mol. The normalized spacial score (nSPS) is 28.1. The van der Waals surface area contributed by atoms with Crippen molar-refractivity contribution in [2.45, 2.75) is 19.5 Å². The van der Waals surface area contributed by atoms with E-state index in [0.717, 1.165) is 18.3 Å². The third-order valence-corrected chi connectivity index (χ3v) is 3.72. The maximum Gasteiger partial charge on any atom is 0.138 e. The molecule has 2 atom stereocenters. The van der Waals surface area contributed by atoms with Crippen molar-refractivity contribution in [1.82, 2.24) is 20.5 Å². The molecule has 0 saturated carbocycles. The maximum absolute atomic E-state index is 4.07. The van der Waals surface area contributed by atoms with Gasteiger partial charge in [0.15, 0.2) is 0 Å². The fraction of sp³-hybridized carbons (Fsp3) is 0.750. The highest BCUT2D eigenvalue weighted by molar-refractivity contribution is 7.99. The lowest BCUT2D eigenvalue weighted by Gasteiger charge is -2.14. The van der Waals surface area contributed by atoms with Crippen LogP contribution in [-0.4, -0.2) is 32.7 Å². The number of aromatic amines is 1. The fourth-order valence-corrected chi connectivity index (χ4v) is 2.91.